The summed E-state index contributed by atoms with van der Waals surface area (Å²) >= 11 is 4.49. The van der Waals surface area contributed by atoms with E-state index < -0.39 is 5.97 Å². The monoisotopic (exact) mass is 324 g/mol. The normalized spacial score (nSPS) is 8.94. The first-order valence-electron chi connectivity index (χ1n) is 4.85. The lowest BCUT2D eigenvalue weighted by Crippen LogP contribution is -1.89. The van der Waals surface area contributed by atoms with Crippen LogP contribution < -0.4 is 0 Å². The molecule has 0 aromatic carbocycles. The van der Waals surface area contributed by atoms with Crippen molar-refractivity contribution in [3.8, 4) is 16.6 Å². The van der Waals surface area contributed by atoms with Gasteiger partial charge in [-0.1, -0.05) is 6.07 Å². The van der Waals surface area contributed by atoms with Crippen LogP contribution in [0.1, 0.15) is 16.6 Å². The van der Waals surface area contributed by atoms with Crippen molar-refractivity contribution in [1.82, 2.24) is 4.98 Å². The molecule has 18 heavy (non-hydrogen) atoms. The van der Waals surface area contributed by atoms with Gasteiger partial charge in [-0.25, -0.2) is 9.78 Å². The van der Waals surface area contributed by atoms with Gasteiger partial charge in [-0.15, -0.1) is 11.3 Å². The Labute approximate surface area is 117 Å². The minimum atomic E-state index is -0.902. The molecule has 0 saturated carbocycles. The molecule has 0 spiro atoms. The van der Waals surface area contributed by atoms with E-state index >= 15 is 0 Å². The molecule has 4 nitrogen and oxygen atoms in total. The highest BCUT2D eigenvalue weighted by atomic mass is 79.9. The number of rotatable bonds is 2. The summed E-state index contributed by atoms with van der Waals surface area (Å²) < 4.78 is 0.741. The number of carbonyl (C=O) groups is 1. The van der Waals surface area contributed by atoms with Crippen LogP contribution in [-0.2, 0) is 0 Å². The Morgan fingerprint density at radius 1 is 1.44 bits per heavy atom. The summed E-state index contributed by atoms with van der Waals surface area (Å²) in [6.07, 6.45) is 0. The average Bonchev–Trinajstić information content (AvgIpc) is 2.79. The molecule has 0 radical (unpaired) electrons. The lowest BCUT2D eigenvalue weighted by Gasteiger charge is -1.95. The number of pyridine rings is 1. The molecule has 0 amide bonds. The Bertz CT molecular complexity index is 590. The maximum Gasteiger partial charge on any atom is 0.345 e. The average molecular weight is 325 g/mol. The summed E-state index contributed by atoms with van der Waals surface area (Å²) in [5.74, 6) is -0.902. The van der Waals surface area contributed by atoms with Crippen LogP contribution in [0.25, 0.3) is 10.6 Å². The number of halogens is 1. The number of hydrogen-bond acceptors (Lipinski definition) is 4. The number of carboxylic acid groups (broad SMARTS) is 1. The fraction of sp³-hybridized carbons (Fsp3) is 0.0833. The second kappa shape index (κ2) is 6.89. The first kappa shape index (κ1) is 14.4. The molecular formula is C12H9BrN2O2S. The quantitative estimate of drug-likeness (QED) is 0.852. The Balaban J connectivity index is 0.000000492. The highest BCUT2D eigenvalue weighted by Gasteiger charge is 2.08. The second-order valence-corrected chi connectivity index (χ2v) is 4.93. The van der Waals surface area contributed by atoms with Gasteiger partial charge in [-0.2, -0.15) is 5.26 Å². The molecule has 92 valence electrons. The van der Waals surface area contributed by atoms with Crippen LogP contribution in [-0.4, -0.2) is 16.1 Å². The van der Waals surface area contributed by atoms with Crippen LogP contribution in [0.2, 0.25) is 0 Å². The van der Waals surface area contributed by atoms with Crippen molar-refractivity contribution in [2.75, 3.05) is 0 Å². The molecule has 0 atom stereocenters. The molecule has 2 heterocycles. The summed E-state index contributed by atoms with van der Waals surface area (Å²) in [5, 5.41) is 16.1. The SMILES string of the molecule is CC#N.O=C(O)c1ccc(-c2cccc(Br)n2)s1. The van der Waals surface area contributed by atoms with Crippen LogP contribution >= 0.6 is 27.3 Å². The molecule has 0 unspecified atom stereocenters. The van der Waals surface area contributed by atoms with Crippen molar-refractivity contribution < 1.29 is 9.90 Å². The fourth-order valence-corrected chi connectivity index (χ4v) is 2.29. The zero-order valence-electron chi connectivity index (χ0n) is 9.42. The third-order valence-corrected chi connectivity index (χ3v) is 3.32. The summed E-state index contributed by atoms with van der Waals surface area (Å²) in [4.78, 5) is 16.1. The first-order chi connectivity index (χ1) is 8.58. The number of hydrogen-bond donors (Lipinski definition) is 1. The van der Waals surface area contributed by atoms with Gasteiger partial charge in [0.25, 0.3) is 0 Å². The summed E-state index contributed by atoms with van der Waals surface area (Å²) in [7, 11) is 0. The molecule has 2 aromatic heterocycles. The smallest absolute Gasteiger partial charge is 0.345 e. The molecular weight excluding hydrogens is 316 g/mol. The Morgan fingerprint density at radius 2 is 2.11 bits per heavy atom. The van der Waals surface area contributed by atoms with Gasteiger partial charge in [-0.05, 0) is 40.2 Å². The lowest BCUT2D eigenvalue weighted by atomic mass is 10.3. The number of aromatic carboxylic acids is 1. The third kappa shape index (κ3) is 3.95. The number of aromatic nitrogens is 1. The molecule has 0 bridgehead atoms. The second-order valence-electron chi connectivity index (χ2n) is 3.04. The van der Waals surface area contributed by atoms with E-state index in [0.717, 1.165) is 15.2 Å². The predicted molar refractivity (Wildman–Crippen MR) is 73.5 cm³/mol. The van der Waals surface area contributed by atoms with Crippen molar-refractivity contribution in [1.29, 1.82) is 5.26 Å². The molecule has 0 aliphatic carbocycles. The summed E-state index contributed by atoms with van der Waals surface area (Å²) in [5.41, 5.74) is 0.780. The molecule has 0 fully saturated rings. The van der Waals surface area contributed by atoms with E-state index in [-0.39, 0.29) is 0 Å². The van der Waals surface area contributed by atoms with Gasteiger partial charge in [0.1, 0.15) is 9.48 Å². The van der Waals surface area contributed by atoms with Crippen LogP contribution in [0.3, 0.4) is 0 Å². The Hall–Kier alpha value is -1.71. The van der Waals surface area contributed by atoms with Crippen molar-refractivity contribution in [3.05, 3.63) is 39.8 Å². The standard InChI is InChI=1S/C10H6BrNO2S.C2H3N/c11-9-3-1-2-6(12-9)7-4-5-8(15-7)10(13)14;1-2-3/h1-5H,(H,13,14);1H3. The van der Waals surface area contributed by atoms with E-state index in [2.05, 4.69) is 20.9 Å². The van der Waals surface area contributed by atoms with Gasteiger partial charge >= 0.3 is 5.97 Å². The van der Waals surface area contributed by atoms with Crippen LogP contribution in [0.15, 0.2) is 34.9 Å². The number of nitriles is 1. The van der Waals surface area contributed by atoms with Gasteiger partial charge in [0.15, 0.2) is 0 Å². The van der Waals surface area contributed by atoms with Gasteiger partial charge in [-0.3, -0.25) is 0 Å². The third-order valence-electron chi connectivity index (χ3n) is 1.78. The van der Waals surface area contributed by atoms with E-state index in [9.17, 15) is 4.79 Å². The van der Waals surface area contributed by atoms with E-state index in [0.29, 0.717) is 4.88 Å². The molecule has 0 saturated heterocycles. The summed E-state index contributed by atoms with van der Waals surface area (Å²) in [6.45, 7) is 1.43. The minimum absolute atomic E-state index is 0.326. The predicted octanol–water partition coefficient (Wildman–Crippen LogP) is 3.80. The van der Waals surface area contributed by atoms with E-state index in [4.69, 9.17) is 10.4 Å². The topological polar surface area (TPSA) is 74.0 Å². The van der Waals surface area contributed by atoms with Gasteiger partial charge in [0, 0.05) is 6.92 Å². The van der Waals surface area contributed by atoms with Crippen molar-refractivity contribution in [3.63, 3.8) is 0 Å². The van der Waals surface area contributed by atoms with E-state index in [1.807, 2.05) is 18.2 Å². The Morgan fingerprint density at radius 3 is 2.61 bits per heavy atom. The minimum Gasteiger partial charge on any atom is -0.477 e. The highest BCUT2D eigenvalue weighted by Crippen LogP contribution is 2.27. The van der Waals surface area contributed by atoms with E-state index in [1.54, 1.807) is 18.2 Å². The van der Waals surface area contributed by atoms with Gasteiger partial charge < -0.3 is 5.11 Å². The maximum absolute atomic E-state index is 10.7. The Kier molecular flexibility index (Phi) is 5.49. The highest BCUT2D eigenvalue weighted by molar-refractivity contribution is 9.10. The number of carboxylic acids is 1. The lowest BCUT2D eigenvalue weighted by molar-refractivity contribution is 0.0702. The molecule has 1 N–H and O–H groups in total. The fourth-order valence-electron chi connectivity index (χ4n) is 1.14. The largest absolute Gasteiger partial charge is 0.477 e. The molecule has 2 aromatic rings. The zero-order chi connectivity index (χ0) is 13.5. The number of nitrogens with zero attached hydrogens (tertiary/aromatic N) is 2. The zero-order valence-corrected chi connectivity index (χ0v) is 11.8. The summed E-state index contributed by atoms with van der Waals surface area (Å²) in [6, 6.07) is 10.7. The van der Waals surface area contributed by atoms with Crippen molar-refractivity contribution >= 4 is 33.2 Å². The van der Waals surface area contributed by atoms with Gasteiger partial charge in [0.2, 0.25) is 0 Å². The molecule has 0 aliphatic heterocycles. The van der Waals surface area contributed by atoms with Crippen molar-refractivity contribution in [2.45, 2.75) is 6.92 Å². The van der Waals surface area contributed by atoms with Gasteiger partial charge in [0.05, 0.1) is 16.6 Å². The number of thiophene rings is 1. The van der Waals surface area contributed by atoms with Crippen molar-refractivity contribution in [2.24, 2.45) is 0 Å². The first-order valence-corrected chi connectivity index (χ1v) is 6.46. The van der Waals surface area contributed by atoms with E-state index in [1.165, 1.54) is 18.3 Å². The van der Waals surface area contributed by atoms with Crippen LogP contribution in [0, 0.1) is 11.3 Å². The van der Waals surface area contributed by atoms with Crippen LogP contribution in [0.5, 0.6) is 0 Å². The molecule has 2 rings (SSSR count). The molecule has 6 heteroatoms. The molecule has 0 aliphatic rings. The maximum atomic E-state index is 10.7. The van der Waals surface area contributed by atoms with Crippen LogP contribution in [0.4, 0.5) is 0 Å².